The first kappa shape index (κ1) is 14.2. The summed E-state index contributed by atoms with van der Waals surface area (Å²) in [6.45, 7) is 1.99. The Kier molecular flexibility index (Phi) is 4.32. The predicted molar refractivity (Wildman–Crippen MR) is 75.4 cm³/mol. The number of nitrogens with zero attached hydrogens (tertiary/aromatic N) is 1. The molecule has 2 amide bonds. The minimum Gasteiger partial charge on any atom is -0.392 e. The number of likely N-dealkylation sites (N-methyl/N-ethyl adjacent to an activating group) is 1. The minimum absolute atomic E-state index is 0.0382. The number of aliphatic hydroxyl groups excluding tert-OH is 1. The van der Waals surface area contributed by atoms with Gasteiger partial charge < -0.3 is 15.3 Å². The van der Waals surface area contributed by atoms with Crippen molar-refractivity contribution in [1.29, 1.82) is 0 Å². The van der Waals surface area contributed by atoms with Gasteiger partial charge in [0.1, 0.15) is 0 Å². The van der Waals surface area contributed by atoms with Gasteiger partial charge in [-0.25, -0.2) is 4.79 Å². The molecule has 0 fully saturated rings. The van der Waals surface area contributed by atoms with E-state index in [4.69, 9.17) is 11.6 Å². The fraction of sp³-hybridized carbons (Fsp3) is 0.500. The average Bonchev–Trinajstić information content (AvgIpc) is 2.70. The van der Waals surface area contributed by atoms with E-state index in [9.17, 15) is 9.90 Å². The van der Waals surface area contributed by atoms with Crippen molar-refractivity contribution < 1.29 is 9.90 Å². The Morgan fingerprint density at radius 3 is 3.05 bits per heavy atom. The number of carbonyl (C=O) groups excluding carboxylic acids is 1. The zero-order chi connectivity index (χ0) is 14.0. The van der Waals surface area contributed by atoms with Crippen LogP contribution in [-0.4, -0.2) is 35.7 Å². The molecule has 2 rings (SSSR count). The van der Waals surface area contributed by atoms with Crippen LogP contribution in [0.15, 0.2) is 18.2 Å². The number of urea groups is 1. The van der Waals surface area contributed by atoms with Crippen molar-refractivity contribution >= 4 is 17.6 Å². The van der Waals surface area contributed by atoms with Gasteiger partial charge in [-0.1, -0.05) is 17.7 Å². The Balaban J connectivity index is 2.01. The third-order valence-corrected chi connectivity index (χ3v) is 3.60. The van der Waals surface area contributed by atoms with Crippen molar-refractivity contribution in [2.24, 2.45) is 0 Å². The third-order valence-electron chi connectivity index (χ3n) is 3.37. The zero-order valence-electron chi connectivity index (χ0n) is 11.2. The molecule has 0 spiro atoms. The molecule has 0 aliphatic heterocycles. The Hall–Kier alpha value is -1.26. The van der Waals surface area contributed by atoms with Crippen molar-refractivity contribution in [2.45, 2.75) is 31.9 Å². The van der Waals surface area contributed by atoms with Crippen LogP contribution < -0.4 is 5.32 Å². The Morgan fingerprint density at radius 1 is 1.63 bits per heavy atom. The molecule has 5 heteroatoms. The molecule has 0 saturated carbocycles. The summed E-state index contributed by atoms with van der Waals surface area (Å²) in [5.74, 6) is 0. The Bertz CT molecular complexity index is 477. The van der Waals surface area contributed by atoms with Crippen molar-refractivity contribution in [1.82, 2.24) is 10.2 Å². The highest BCUT2D eigenvalue weighted by atomic mass is 35.5. The lowest BCUT2D eigenvalue weighted by atomic mass is 10.1. The van der Waals surface area contributed by atoms with Crippen LogP contribution in [0.25, 0.3) is 0 Å². The summed E-state index contributed by atoms with van der Waals surface area (Å²) in [5, 5.41) is 13.0. The Morgan fingerprint density at radius 2 is 2.37 bits per heavy atom. The van der Waals surface area contributed by atoms with Crippen molar-refractivity contribution in [3.05, 3.63) is 34.3 Å². The molecule has 0 saturated heterocycles. The van der Waals surface area contributed by atoms with Gasteiger partial charge in [0.25, 0.3) is 0 Å². The lowest BCUT2D eigenvalue weighted by Crippen LogP contribution is -2.41. The van der Waals surface area contributed by atoms with E-state index in [0.29, 0.717) is 6.54 Å². The molecule has 1 aromatic rings. The van der Waals surface area contributed by atoms with E-state index < -0.39 is 6.10 Å². The first-order chi connectivity index (χ1) is 8.97. The standard InChI is InChI=1S/C14H19ClN2O2/c1-9(18)8-17(2)14(19)16-13-6-3-10-7-11(15)4-5-12(10)13/h4-5,7,9,13,18H,3,6,8H2,1-2H3,(H,16,19). The molecule has 0 radical (unpaired) electrons. The van der Waals surface area contributed by atoms with E-state index in [2.05, 4.69) is 5.32 Å². The van der Waals surface area contributed by atoms with Crippen LogP contribution >= 0.6 is 11.6 Å². The van der Waals surface area contributed by atoms with Gasteiger partial charge in [-0.15, -0.1) is 0 Å². The number of benzene rings is 1. The Labute approximate surface area is 118 Å². The van der Waals surface area contributed by atoms with Gasteiger partial charge in [-0.3, -0.25) is 0 Å². The molecule has 2 unspecified atom stereocenters. The summed E-state index contributed by atoms with van der Waals surface area (Å²) in [5.41, 5.74) is 2.35. The topological polar surface area (TPSA) is 52.6 Å². The molecule has 0 heterocycles. The maximum Gasteiger partial charge on any atom is 0.317 e. The molecule has 2 atom stereocenters. The van der Waals surface area contributed by atoms with Gasteiger partial charge in [-0.2, -0.15) is 0 Å². The van der Waals surface area contributed by atoms with Gasteiger partial charge in [-0.05, 0) is 43.0 Å². The molecule has 2 N–H and O–H groups in total. The fourth-order valence-corrected chi connectivity index (χ4v) is 2.67. The average molecular weight is 283 g/mol. The van der Waals surface area contributed by atoms with Gasteiger partial charge >= 0.3 is 6.03 Å². The van der Waals surface area contributed by atoms with Gasteiger partial charge in [0, 0.05) is 18.6 Å². The molecule has 1 aliphatic carbocycles. The summed E-state index contributed by atoms with van der Waals surface area (Å²) in [4.78, 5) is 13.5. The van der Waals surface area contributed by atoms with E-state index in [-0.39, 0.29) is 12.1 Å². The number of rotatable bonds is 3. The highest BCUT2D eigenvalue weighted by molar-refractivity contribution is 6.30. The first-order valence-corrected chi connectivity index (χ1v) is 6.83. The maximum absolute atomic E-state index is 12.0. The number of aryl methyl sites for hydroxylation is 1. The summed E-state index contributed by atoms with van der Waals surface area (Å²) >= 11 is 5.96. The summed E-state index contributed by atoms with van der Waals surface area (Å²) < 4.78 is 0. The quantitative estimate of drug-likeness (QED) is 0.894. The molecule has 1 aromatic carbocycles. The lowest BCUT2D eigenvalue weighted by molar-refractivity contribution is 0.142. The molecule has 0 aromatic heterocycles. The van der Waals surface area contributed by atoms with Gasteiger partial charge in [0.15, 0.2) is 0 Å². The zero-order valence-corrected chi connectivity index (χ0v) is 11.9. The molecule has 4 nitrogen and oxygen atoms in total. The monoisotopic (exact) mass is 282 g/mol. The maximum atomic E-state index is 12.0. The summed E-state index contributed by atoms with van der Waals surface area (Å²) in [6.07, 6.45) is 1.30. The normalized spacial score (nSPS) is 18.8. The molecule has 104 valence electrons. The highest BCUT2D eigenvalue weighted by Gasteiger charge is 2.25. The molecular weight excluding hydrogens is 264 g/mol. The van der Waals surface area contributed by atoms with E-state index in [1.807, 2.05) is 18.2 Å². The molecule has 19 heavy (non-hydrogen) atoms. The number of amides is 2. The number of carbonyl (C=O) groups is 1. The predicted octanol–water partition coefficient (Wildman–Crippen LogP) is 2.35. The second kappa shape index (κ2) is 5.80. The van der Waals surface area contributed by atoms with Crippen molar-refractivity contribution in [2.75, 3.05) is 13.6 Å². The molecule has 0 bridgehead atoms. The van der Waals surface area contributed by atoms with Crippen LogP contribution in [0, 0.1) is 0 Å². The van der Waals surface area contributed by atoms with Crippen LogP contribution in [0.2, 0.25) is 5.02 Å². The second-order valence-electron chi connectivity index (χ2n) is 5.11. The van der Waals surface area contributed by atoms with Gasteiger partial charge in [0.05, 0.1) is 12.1 Å². The number of halogens is 1. The minimum atomic E-state index is -0.523. The first-order valence-electron chi connectivity index (χ1n) is 6.45. The second-order valence-corrected chi connectivity index (χ2v) is 5.55. The van der Waals surface area contributed by atoms with Crippen LogP contribution in [0.5, 0.6) is 0 Å². The largest absolute Gasteiger partial charge is 0.392 e. The van der Waals surface area contributed by atoms with Crippen LogP contribution in [0.4, 0.5) is 4.79 Å². The van der Waals surface area contributed by atoms with Gasteiger partial charge in [0.2, 0.25) is 0 Å². The molecular formula is C14H19ClN2O2. The lowest BCUT2D eigenvalue weighted by Gasteiger charge is -2.22. The van der Waals surface area contributed by atoms with E-state index >= 15 is 0 Å². The number of nitrogens with one attached hydrogen (secondary N) is 1. The summed E-state index contributed by atoms with van der Waals surface area (Å²) in [7, 11) is 1.68. The van der Waals surface area contributed by atoms with Crippen molar-refractivity contribution in [3.8, 4) is 0 Å². The SMILES string of the molecule is CC(O)CN(C)C(=O)NC1CCc2cc(Cl)ccc21. The third kappa shape index (κ3) is 3.39. The summed E-state index contributed by atoms with van der Waals surface area (Å²) in [6, 6.07) is 5.67. The van der Waals surface area contributed by atoms with E-state index in [0.717, 1.165) is 23.4 Å². The van der Waals surface area contributed by atoms with Crippen LogP contribution in [0.3, 0.4) is 0 Å². The van der Waals surface area contributed by atoms with E-state index in [1.54, 1.807) is 14.0 Å². The fourth-order valence-electron chi connectivity index (χ4n) is 2.47. The van der Waals surface area contributed by atoms with Crippen LogP contribution in [0.1, 0.15) is 30.5 Å². The number of aliphatic hydroxyl groups is 1. The smallest absolute Gasteiger partial charge is 0.317 e. The van der Waals surface area contributed by atoms with Crippen molar-refractivity contribution in [3.63, 3.8) is 0 Å². The number of hydrogen-bond donors (Lipinski definition) is 2. The highest BCUT2D eigenvalue weighted by Crippen LogP contribution is 2.32. The van der Waals surface area contributed by atoms with E-state index in [1.165, 1.54) is 10.5 Å². The van der Waals surface area contributed by atoms with Crippen LogP contribution in [-0.2, 0) is 6.42 Å². The number of fused-ring (bicyclic) bond motifs is 1. The molecule has 1 aliphatic rings. The number of hydrogen-bond acceptors (Lipinski definition) is 2.